The van der Waals surface area contributed by atoms with Crippen LogP contribution in [0.15, 0.2) is 0 Å². The van der Waals surface area contributed by atoms with E-state index >= 15 is 0 Å². The molecule has 0 aromatic rings. The van der Waals surface area contributed by atoms with Gasteiger partial charge in [-0.05, 0) is 0 Å². The zero-order valence-corrected chi connectivity index (χ0v) is 4.56. The van der Waals surface area contributed by atoms with E-state index in [0.29, 0.717) is 0 Å². The van der Waals surface area contributed by atoms with Crippen molar-refractivity contribution in [2.45, 2.75) is 0 Å². The summed E-state index contributed by atoms with van der Waals surface area (Å²) >= 11 is 0. The van der Waals surface area contributed by atoms with Crippen molar-refractivity contribution < 1.29 is 23.3 Å². The highest BCUT2D eigenvalue weighted by atomic mass is 32.3. The molecule has 0 saturated carbocycles. The number of hydrogen-bond acceptors (Lipinski definition) is 4. The SMILES string of the molecule is C[NH3+].O=S(=O)([O-])[O-]. The van der Waals surface area contributed by atoms with Gasteiger partial charge in [0.15, 0.2) is 0 Å². The Bertz CT molecular complexity index is 94.9. The van der Waals surface area contributed by atoms with Gasteiger partial charge >= 0.3 is 0 Å². The Morgan fingerprint density at radius 3 is 1.29 bits per heavy atom. The van der Waals surface area contributed by atoms with Crippen LogP contribution in [0, 0.1) is 0 Å². The summed E-state index contributed by atoms with van der Waals surface area (Å²) < 4.78 is 34.1. The minimum atomic E-state index is -5.17. The van der Waals surface area contributed by atoms with Crippen LogP contribution in [0.25, 0.3) is 0 Å². The van der Waals surface area contributed by atoms with Crippen molar-refractivity contribution in [1.29, 1.82) is 0 Å². The van der Waals surface area contributed by atoms with Crippen LogP contribution in [0.2, 0.25) is 0 Å². The molecule has 0 aliphatic carbocycles. The standard InChI is InChI=1S/CH5N.H2O4S/c1-2;1-5(2,3)4/h2H2,1H3;(H2,1,2,3,4)/p-1. The van der Waals surface area contributed by atoms with Crippen molar-refractivity contribution in [3.63, 3.8) is 0 Å². The van der Waals surface area contributed by atoms with Crippen LogP contribution in [0.5, 0.6) is 0 Å². The van der Waals surface area contributed by atoms with Crippen LogP contribution in [0.3, 0.4) is 0 Å². The molecule has 5 nitrogen and oxygen atoms in total. The van der Waals surface area contributed by atoms with Crippen molar-refractivity contribution in [3.8, 4) is 0 Å². The topological polar surface area (TPSA) is 108 Å². The van der Waals surface area contributed by atoms with Gasteiger partial charge in [0, 0.05) is 10.4 Å². The Labute approximate surface area is 41.7 Å². The highest BCUT2D eigenvalue weighted by molar-refractivity contribution is 7.79. The van der Waals surface area contributed by atoms with Crippen molar-refractivity contribution >= 4 is 10.4 Å². The van der Waals surface area contributed by atoms with Gasteiger partial charge in [0.2, 0.25) is 0 Å². The summed E-state index contributed by atoms with van der Waals surface area (Å²) in [4.78, 5) is 0. The number of hydrogen-bond donors (Lipinski definition) is 1. The number of quaternary nitrogens is 1. The zero-order valence-electron chi connectivity index (χ0n) is 3.75. The first-order valence-corrected chi connectivity index (χ1v) is 2.71. The van der Waals surface area contributed by atoms with E-state index in [-0.39, 0.29) is 0 Å². The highest BCUT2D eigenvalue weighted by Gasteiger charge is 1.49. The molecule has 0 bridgehead atoms. The van der Waals surface area contributed by atoms with Crippen molar-refractivity contribution in [2.75, 3.05) is 7.05 Å². The third-order valence-corrected chi connectivity index (χ3v) is 0. The maximum atomic E-state index is 8.52. The van der Waals surface area contributed by atoms with Gasteiger partial charge in [0.05, 0.1) is 7.05 Å². The summed E-state index contributed by atoms with van der Waals surface area (Å²) in [5.74, 6) is 0. The van der Waals surface area contributed by atoms with Crippen LogP contribution in [0.1, 0.15) is 0 Å². The molecule has 0 heterocycles. The fourth-order valence-corrected chi connectivity index (χ4v) is 0. The molecule has 0 atom stereocenters. The van der Waals surface area contributed by atoms with Crippen molar-refractivity contribution in [2.24, 2.45) is 0 Å². The van der Waals surface area contributed by atoms with E-state index < -0.39 is 10.4 Å². The predicted molar refractivity (Wildman–Crippen MR) is 19.3 cm³/mol. The predicted octanol–water partition coefficient (Wildman–Crippen LogP) is -2.48. The summed E-state index contributed by atoms with van der Waals surface area (Å²) in [5, 5.41) is 0. The van der Waals surface area contributed by atoms with Gasteiger partial charge in [0.1, 0.15) is 0 Å². The first kappa shape index (κ1) is 9.95. The molecule has 0 fully saturated rings. The Balaban J connectivity index is 0. The molecule has 3 N–H and O–H groups in total. The lowest BCUT2D eigenvalue weighted by molar-refractivity contribution is -0.325. The molecule has 0 aromatic carbocycles. The van der Waals surface area contributed by atoms with Gasteiger partial charge in [-0.25, -0.2) is 0 Å². The van der Waals surface area contributed by atoms with Crippen molar-refractivity contribution in [3.05, 3.63) is 0 Å². The van der Waals surface area contributed by atoms with Gasteiger partial charge in [-0.3, -0.25) is 8.42 Å². The van der Waals surface area contributed by atoms with Crippen LogP contribution in [0.4, 0.5) is 0 Å². The quantitative estimate of drug-likeness (QED) is 0.288. The second-order valence-corrected chi connectivity index (χ2v) is 1.22. The van der Waals surface area contributed by atoms with Gasteiger partial charge < -0.3 is 14.8 Å². The van der Waals surface area contributed by atoms with E-state index in [4.69, 9.17) is 17.5 Å². The molecule has 0 aliphatic heterocycles. The Kier molecular flexibility index (Phi) is 5.69. The molecule has 46 valence electrons. The summed E-state index contributed by atoms with van der Waals surface area (Å²) in [6, 6.07) is 0. The maximum absolute atomic E-state index is 8.52. The summed E-state index contributed by atoms with van der Waals surface area (Å²) in [6.45, 7) is 0. The second-order valence-electron chi connectivity index (χ2n) is 0.408. The van der Waals surface area contributed by atoms with Gasteiger partial charge in [-0.15, -0.1) is 0 Å². The van der Waals surface area contributed by atoms with Crippen LogP contribution < -0.4 is 5.73 Å². The normalized spacial score (nSPS) is 9.14. The third-order valence-electron chi connectivity index (χ3n) is 0. The van der Waals surface area contributed by atoms with E-state index in [9.17, 15) is 0 Å². The largest absolute Gasteiger partial charge is 0.759 e. The van der Waals surface area contributed by atoms with E-state index in [0.717, 1.165) is 0 Å². The van der Waals surface area contributed by atoms with Crippen LogP contribution >= 0.6 is 0 Å². The van der Waals surface area contributed by atoms with Crippen molar-refractivity contribution in [1.82, 2.24) is 0 Å². The Hall–Kier alpha value is -0.170. The molecule has 6 heteroatoms. The lowest BCUT2D eigenvalue weighted by Crippen LogP contribution is -2.40. The maximum Gasteiger partial charge on any atom is 0.0634 e. The molecule has 0 amide bonds. The van der Waals surface area contributed by atoms with Gasteiger partial charge in [-0.2, -0.15) is 0 Å². The van der Waals surface area contributed by atoms with E-state index in [1.54, 1.807) is 7.05 Å². The molecule has 0 aliphatic rings. The van der Waals surface area contributed by atoms with Crippen LogP contribution in [-0.2, 0) is 10.4 Å². The fraction of sp³-hybridized carbons (Fsp3) is 1.00. The average molecular weight is 128 g/mol. The first-order valence-electron chi connectivity index (χ1n) is 1.37. The second kappa shape index (κ2) is 4.00. The van der Waals surface area contributed by atoms with E-state index in [1.807, 2.05) is 0 Å². The molecule has 0 spiro atoms. The summed E-state index contributed by atoms with van der Waals surface area (Å²) in [5.41, 5.74) is 3.25. The average Bonchev–Trinajstić information content (AvgIpc) is 1.36. The van der Waals surface area contributed by atoms with Crippen LogP contribution in [-0.4, -0.2) is 24.6 Å². The zero-order chi connectivity index (χ0) is 6.50. The number of rotatable bonds is 0. The highest BCUT2D eigenvalue weighted by Crippen LogP contribution is 1.57. The molecule has 7 heavy (non-hydrogen) atoms. The molecule has 0 unspecified atom stereocenters. The smallest absolute Gasteiger partial charge is 0.0634 e. The molecule has 0 aromatic heterocycles. The monoisotopic (exact) mass is 128 g/mol. The van der Waals surface area contributed by atoms with Gasteiger partial charge in [-0.1, -0.05) is 0 Å². The third kappa shape index (κ3) is 2960. The molecular weight excluding hydrogens is 122 g/mol. The van der Waals surface area contributed by atoms with Gasteiger partial charge in [0.25, 0.3) is 0 Å². The lowest BCUT2D eigenvalue weighted by atomic mass is 11.6. The molecule has 0 saturated heterocycles. The minimum Gasteiger partial charge on any atom is -0.759 e. The van der Waals surface area contributed by atoms with E-state index in [2.05, 4.69) is 5.73 Å². The molecule has 0 radical (unpaired) electrons. The molecule has 0 rings (SSSR count). The Morgan fingerprint density at radius 2 is 1.29 bits per heavy atom. The Morgan fingerprint density at radius 1 is 1.29 bits per heavy atom. The molecular formula is CH6NO4S-. The fourth-order valence-electron chi connectivity index (χ4n) is 0. The summed E-state index contributed by atoms with van der Waals surface area (Å²) in [7, 11) is -3.42. The lowest BCUT2D eigenvalue weighted by Gasteiger charge is -2.06. The van der Waals surface area contributed by atoms with E-state index in [1.165, 1.54) is 0 Å². The first-order chi connectivity index (χ1) is 3.00. The summed E-state index contributed by atoms with van der Waals surface area (Å²) in [6.07, 6.45) is 0. The minimum absolute atomic E-state index is 1.75.